The van der Waals surface area contributed by atoms with E-state index in [0.717, 1.165) is 11.8 Å². The molecule has 5 atom stereocenters. The van der Waals surface area contributed by atoms with Crippen LogP contribution in [-0.4, -0.2) is 0 Å². The van der Waals surface area contributed by atoms with Gasteiger partial charge in [0.2, 0.25) is 0 Å². The maximum Gasteiger partial charge on any atom is -0.00901 e. The van der Waals surface area contributed by atoms with Crippen molar-refractivity contribution in [1.82, 2.24) is 0 Å². The predicted octanol–water partition coefficient (Wildman–Crippen LogP) is 6.58. The molecule has 0 heteroatoms. The topological polar surface area (TPSA) is 0 Å². The number of rotatable bonds is 0. The summed E-state index contributed by atoms with van der Waals surface area (Å²) in [5, 5.41) is 0. The van der Waals surface area contributed by atoms with E-state index in [1.807, 2.05) is 0 Å². The molecule has 1 fully saturated rings. The number of fused-ring (bicyclic) bond motifs is 3. The molecule has 23 heavy (non-hydrogen) atoms. The minimum absolute atomic E-state index is 0.245. The summed E-state index contributed by atoms with van der Waals surface area (Å²) < 4.78 is 0. The molecule has 3 rings (SSSR count). The molecule has 5 unspecified atom stereocenters. The molecule has 0 aromatic rings. The molecule has 0 amide bonds. The summed E-state index contributed by atoms with van der Waals surface area (Å²) in [4.78, 5) is 0. The molecule has 0 spiro atoms. The largest absolute Gasteiger partial charge is 0.0802 e. The van der Waals surface area contributed by atoms with Crippen LogP contribution in [0.1, 0.15) is 55.4 Å². The zero-order valence-electron chi connectivity index (χ0n) is 16.3. The first-order chi connectivity index (χ1) is 10.5. The first kappa shape index (κ1) is 16.8. The fourth-order valence-electron chi connectivity index (χ4n) is 4.94. The van der Waals surface area contributed by atoms with Crippen molar-refractivity contribution in [3.05, 3.63) is 47.1 Å². The molecule has 0 aliphatic heterocycles. The molecular weight excluding hydrogens is 276 g/mol. The highest BCUT2D eigenvalue weighted by molar-refractivity contribution is 5.41. The maximum absolute atomic E-state index is 2.62. The summed E-state index contributed by atoms with van der Waals surface area (Å²) in [6.07, 6.45) is 12.6. The van der Waals surface area contributed by atoms with Crippen molar-refractivity contribution in [2.75, 3.05) is 0 Å². The second-order valence-corrected chi connectivity index (χ2v) is 10.1. The zero-order chi connectivity index (χ0) is 17.2. The van der Waals surface area contributed by atoms with Crippen LogP contribution in [0, 0.1) is 40.4 Å². The lowest BCUT2D eigenvalue weighted by molar-refractivity contribution is 0.389. The van der Waals surface area contributed by atoms with Gasteiger partial charge < -0.3 is 0 Å². The Morgan fingerprint density at radius 1 is 0.783 bits per heavy atom. The summed E-state index contributed by atoms with van der Waals surface area (Å²) >= 11 is 0. The third-order valence-corrected chi connectivity index (χ3v) is 6.36. The average molecular weight is 311 g/mol. The normalized spacial score (nSPS) is 36.9. The fraction of sp³-hybridized carbons (Fsp3) is 0.652. The van der Waals surface area contributed by atoms with Gasteiger partial charge in [-0.05, 0) is 58.5 Å². The monoisotopic (exact) mass is 310 g/mol. The molecule has 0 aromatic carbocycles. The van der Waals surface area contributed by atoms with Crippen molar-refractivity contribution in [2.24, 2.45) is 40.4 Å². The molecule has 0 saturated heterocycles. The van der Waals surface area contributed by atoms with Crippen LogP contribution in [0.5, 0.6) is 0 Å². The highest BCUT2D eigenvalue weighted by atomic mass is 14.5. The van der Waals surface area contributed by atoms with Crippen LogP contribution in [0.3, 0.4) is 0 Å². The van der Waals surface area contributed by atoms with Gasteiger partial charge in [0.25, 0.3) is 0 Å². The summed E-state index contributed by atoms with van der Waals surface area (Å²) in [5.41, 5.74) is 5.14. The third-order valence-electron chi connectivity index (χ3n) is 6.36. The van der Waals surface area contributed by atoms with Crippen LogP contribution in [0.2, 0.25) is 0 Å². The van der Waals surface area contributed by atoms with Gasteiger partial charge in [-0.3, -0.25) is 0 Å². The molecular formula is C23H34. The lowest BCUT2D eigenvalue weighted by Gasteiger charge is -2.33. The van der Waals surface area contributed by atoms with Crippen LogP contribution in [0.25, 0.3) is 0 Å². The Morgan fingerprint density at radius 2 is 1.35 bits per heavy atom. The minimum atomic E-state index is 0.245. The third kappa shape index (κ3) is 2.79. The summed E-state index contributed by atoms with van der Waals surface area (Å²) in [6, 6.07) is 0. The van der Waals surface area contributed by atoms with Crippen molar-refractivity contribution in [3.8, 4) is 0 Å². The quantitative estimate of drug-likeness (QED) is 0.474. The van der Waals surface area contributed by atoms with Gasteiger partial charge in [-0.15, -0.1) is 0 Å². The second kappa shape index (κ2) is 5.23. The molecule has 0 aromatic heterocycles. The van der Waals surface area contributed by atoms with Gasteiger partial charge in [-0.1, -0.05) is 84.4 Å². The van der Waals surface area contributed by atoms with Crippen molar-refractivity contribution in [1.29, 1.82) is 0 Å². The Hall–Kier alpha value is -1.04. The lowest BCUT2D eigenvalue weighted by Crippen LogP contribution is -2.23. The van der Waals surface area contributed by atoms with Crippen LogP contribution >= 0.6 is 0 Å². The van der Waals surface area contributed by atoms with Gasteiger partial charge in [0, 0.05) is 0 Å². The maximum atomic E-state index is 2.62. The van der Waals surface area contributed by atoms with E-state index in [9.17, 15) is 0 Å². The molecule has 3 aliphatic carbocycles. The highest BCUT2D eigenvalue weighted by Gasteiger charge is 2.48. The smallest absolute Gasteiger partial charge is 0.00901 e. The standard InChI is InChI=1S/C23H34/c1-14-11-17(23(6,7)8)13-20-19-12-16(22(3,4)5)9-10-18(19)15(2)21(14)20/h9-13,15,18-21H,1-8H3. The SMILES string of the molecule is CC1=CC(C(C)(C)C)=CC2C3C=C(C(C)(C)C)C=CC3C(C)C12. The van der Waals surface area contributed by atoms with Crippen molar-refractivity contribution >= 4 is 0 Å². The molecule has 0 nitrogen and oxygen atoms in total. The molecule has 0 heterocycles. The van der Waals surface area contributed by atoms with E-state index >= 15 is 0 Å². The van der Waals surface area contributed by atoms with Gasteiger partial charge in [0.15, 0.2) is 0 Å². The summed E-state index contributed by atoms with van der Waals surface area (Å²) in [7, 11) is 0. The Balaban J connectivity index is 2.04. The van der Waals surface area contributed by atoms with Gasteiger partial charge in [-0.2, -0.15) is 0 Å². The predicted molar refractivity (Wildman–Crippen MR) is 101 cm³/mol. The highest BCUT2D eigenvalue weighted by Crippen LogP contribution is 2.56. The Labute approximate surface area is 143 Å². The average Bonchev–Trinajstić information content (AvgIpc) is 2.70. The van der Waals surface area contributed by atoms with E-state index in [0.29, 0.717) is 17.8 Å². The van der Waals surface area contributed by atoms with Gasteiger partial charge in [0.05, 0.1) is 0 Å². The molecule has 126 valence electrons. The van der Waals surface area contributed by atoms with Gasteiger partial charge in [0.1, 0.15) is 0 Å². The van der Waals surface area contributed by atoms with E-state index in [1.54, 1.807) is 5.57 Å². The fourth-order valence-corrected chi connectivity index (χ4v) is 4.94. The van der Waals surface area contributed by atoms with Crippen molar-refractivity contribution < 1.29 is 0 Å². The van der Waals surface area contributed by atoms with Crippen LogP contribution < -0.4 is 0 Å². The Bertz CT molecular complexity index is 609. The molecule has 3 aliphatic rings. The van der Waals surface area contributed by atoms with Crippen molar-refractivity contribution in [2.45, 2.75) is 55.4 Å². The number of hydrogen-bond acceptors (Lipinski definition) is 0. The van der Waals surface area contributed by atoms with Crippen LogP contribution in [0.4, 0.5) is 0 Å². The first-order valence-corrected chi connectivity index (χ1v) is 9.31. The zero-order valence-corrected chi connectivity index (χ0v) is 16.3. The van der Waals surface area contributed by atoms with E-state index in [2.05, 4.69) is 85.8 Å². The lowest BCUT2D eigenvalue weighted by atomic mass is 9.71. The molecule has 0 radical (unpaired) electrons. The van der Waals surface area contributed by atoms with Gasteiger partial charge >= 0.3 is 0 Å². The van der Waals surface area contributed by atoms with Crippen molar-refractivity contribution in [3.63, 3.8) is 0 Å². The van der Waals surface area contributed by atoms with E-state index in [1.165, 1.54) is 11.1 Å². The second-order valence-electron chi connectivity index (χ2n) is 10.1. The summed E-state index contributed by atoms with van der Waals surface area (Å²) in [5.74, 6) is 3.52. The number of hydrogen-bond donors (Lipinski definition) is 0. The molecule has 0 bridgehead atoms. The number of allylic oxidation sites excluding steroid dienone is 8. The minimum Gasteiger partial charge on any atom is -0.0802 e. The Kier molecular flexibility index (Phi) is 3.82. The van der Waals surface area contributed by atoms with E-state index in [4.69, 9.17) is 0 Å². The Morgan fingerprint density at radius 3 is 1.91 bits per heavy atom. The van der Waals surface area contributed by atoms with Gasteiger partial charge in [-0.25, -0.2) is 0 Å². The first-order valence-electron chi connectivity index (χ1n) is 9.31. The van der Waals surface area contributed by atoms with E-state index < -0.39 is 0 Å². The molecule has 0 N–H and O–H groups in total. The van der Waals surface area contributed by atoms with E-state index in [-0.39, 0.29) is 10.8 Å². The van der Waals surface area contributed by atoms with Crippen LogP contribution in [0.15, 0.2) is 47.1 Å². The molecule has 1 saturated carbocycles. The van der Waals surface area contributed by atoms with Crippen LogP contribution in [-0.2, 0) is 0 Å². The summed E-state index contributed by atoms with van der Waals surface area (Å²) in [6.45, 7) is 18.9.